The highest BCUT2D eigenvalue weighted by Gasteiger charge is 2.23. The summed E-state index contributed by atoms with van der Waals surface area (Å²) in [7, 11) is 0. The number of hydrogen-bond donors (Lipinski definition) is 1. The molecule has 24 heavy (non-hydrogen) atoms. The van der Waals surface area contributed by atoms with Crippen LogP contribution in [0.3, 0.4) is 0 Å². The third-order valence-electron chi connectivity index (χ3n) is 4.26. The van der Waals surface area contributed by atoms with Gasteiger partial charge in [-0.3, -0.25) is 4.79 Å². The quantitative estimate of drug-likeness (QED) is 0.847. The van der Waals surface area contributed by atoms with E-state index < -0.39 is 0 Å². The molecule has 2 heterocycles. The van der Waals surface area contributed by atoms with Crippen molar-refractivity contribution in [2.24, 2.45) is 0 Å². The van der Waals surface area contributed by atoms with Crippen LogP contribution in [0, 0.1) is 20.8 Å². The monoisotopic (exact) mass is 393 g/mol. The van der Waals surface area contributed by atoms with Crippen molar-refractivity contribution in [3.8, 4) is 11.5 Å². The zero-order chi connectivity index (χ0) is 17.4. The molecule has 1 aromatic heterocycles. The van der Waals surface area contributed by atoms with Gasteiger partial charge in [-0.2, -0.15) is 0 Å². The third-order valence-corrected chi connectivity index (χ3v) is 4.95. The zero-order valence-electron chi connectivity index (χ0n) is 14.2. The number of amides is 1. The van der Waals surface area contributed by atoms with Crippen molar-refractivity contribution < 1.29 is 18.7 Å². The average molecular weight is 394 g/mol. The lowest BCUT2D eigenvalue weighted by Gasteiger charge is -2.22. The van der Waals surface area contributed by atoms with E-state index in [1.807, 2.05) is 32.9 Å². The summed E-state index contributed by atoms with van der Waals surface area (Å²) < 4.78 is 17.6. The van der Waals surface area contributed by atoms with Crippen LogP contribution in [0.25, 0.3) is 0 Å². The number of nitrogens with one attached hydrogen (secondary N) is 1. The summed E-state index contributed by atoms with van der Waals surface area (Å²) in [5.41, 5.74) is 2.41. The lowest BCUT2D eigenvalue weighted by atomic mass is 10.1. The molecule has 0 spiro atoms. The molecule has 2 aromatic rings. The molecule has 0 aliphatic carbocycles. The Morgan fingerprint density at radius 1 is 1.12 bits per heavy atom. The number of ether oxygens (including phenoxy) is 2. The van der Waals surface area contributed by atoms with Gasteiger partial charge in [0, 0.05) is 10.0 Å². The van der Waals surface area contributed by atoms with Crippen LogP contribution in [0.1, 0.15) is 46.0 Å². The number of hydrogen-bond acceptors (Lipinski definition) is 4. The van der Waals surface area contributed by atoms with E-state index in [0.717, 1.165) is 21.4 Å². The Hall–Kier alpha value is -1.95. The predicted octanol–water partition coefficient (Wildman–Crippen LogP) is 4.23. The van der Waals surface area contributed by atoms with E-state index in [4.69, 9.17) is 13.9 Å². The Bertz CT molecular complexity index is 797. The number of halogens is 1. The van der Waals surface area contributed by atoms with Crippen LogP contribution in [0.4, 0.5) is 0 Å². The van der Waals surface area contributed by atoms with Crippen LogP contribution in [-0.2, 0) is 0 Å². The lowest BCUT2D eigenvalue weighted by Crippen LogP contribution is -2.28. The second kappa shape index (κ2) is 6.51. The average Bonchev–Trinajstić information content (AvgIpc) is 2.79. The van der Waals surface area contributed by atoms with Gasteiger partial charge >= 0.3 is 0 Å². The van der Waals surface area contributed by atoms with Crippen LogP contribution in [0.15, 0.2) is 21.0 Å². The summed E-state index contributed by atoms with van der Waals surface area (Å²) in [6.07, 6.45) is 0. The van der Waals surface area contributed by atoms with E-state index in [0.29, 0.717) is 36.0 Å². The van der Waals surface area contributed by atoms with Crippen LogP contribution in [-0.4, -0.2) is 19.1 Å². The summed E-state index contributed by atoms with van der Waals surface area (Å²) >= 11 is 3.55. The maximum Gasteiger partial charge on any atom is 0.255 e. The Labute approximate surface area is 149 Å². The van der Waals surface area contributed by atoms with Crippen molar-refractivity contribution >= 4 is 21.8 Å². The van der Waals surface area contributed by atoms with Gasteiger partial charge in [0.1, 0.15) is 24.7 Å². The Morgan fingerprint density at radius 3 is 2.33 bits per heavy atom. The number of aryl methyl sites for hydroxylation is 2. The smallest absolute Gasteiger partial charge is 0.255 e. The first-order valence-corrected chi connectivity index (χ1v) is 8.64. The Kier molecular flexibility index (Phi) is 4.58. The highest BCUT2D eigenvalue weighted by Crippen LogP contribution is 2.38. The van der Waals surface area contributed by atoms with E-state index in [2.05, 4.69) is 21.2 Å². The molecule has 5 nitrogen and oxygen atoms in total. The van der Waals surface area contributed by atoms with Gasteiger partial charge in [0.25, 0.3) is 5.91 Å². The molecule has 1 atom stereocenters. The maximum absolute atomic E-state index is 12.6. The van der Waals surface area contributed by atoms with Crippen molar-refractivity contribution in [1.29, 1.82) is 0 Å². The van der Waals surface area contributed by atoms with E-state index >= 15 is 0 Å². The number of rotatable bonds is 3. The van der Waals surface area contributed by atoms with Gasteiger partial charge in [-0.05, 0) is 45.4 Å². The molecule has 128 valence electrons. The van der Waals surface area contributed by atoms with Crippen molar-refractivity contribution in [3.63, 3.8) is 0 Å². The van der Waals surface area contributed by atoms with Gasteiger partial charge < -0.3 is 19.2 Å². The molecule has 6 heteroatoms. The largest absolute Gasteiger partial charge is 0.486 e. The second-order valence-electron chi connectivity index (χ2n) is 5.93. The van der Waals surface area contributed by atoms with Gasteiger partial charge in [0.2, 0.25) is 0 Å². The Balaban J connectivity index is 1.84. The van der Waals surface area contributed by atoms with Gasteiger partial charge in [0.15, 0.2) is 11.5 Å². The summed E-state index contributed by atoms with van der Waals surface area (Å²) in [5, 5.41) is 3.03. The molecule has 1 unspecified atom stereocenters. The molecule has 0 saturated heterocycles. The first-order valence-electron chi connectivity index (χ1n) is 7.85. The highest BCUT2D eigenvalue weighted by atomic mass is 79.9. The summed E-state index contributed by atoms with van der Waals surface area (Å²) in [5.74, 6) is 2.68. The number of benzene rings is 1. The molecule has 0 saturated carbocycles. The topological polar surface area (TPSA) is 60.7 Å². The molecule has 1 aliphatic rings. The highest BCUT2D eigenvalue weighted by molar-refractivity contribution is 9.10. The minimum atomic E-state index is -0.197. The van der Waals surface area contributed by atoms with Gasteiger partial charge in [-0.15, -0.1) is 0 Å². The fourth-order valence-electron chi connectivity index (χ4n) is 2.89. The fraction of sp³-hybridized carbons (Fsp3) is 0.389. The number of carbonyl (C=O) groups is 1. The second-order valence-corrected chi connectivity index (χ2v) is 6.78. The molecular weight excluding hydrogens is 374 g/mol. The maximum atomic E-state index is 12.6. The molecule has 1 N–H and O–H groups in total. The minimum Gasteiger partial charge on any atom is -0.486 e. The summed E-state index contributed by atoms with van der Waals surface area (Å²) in [4.78, 5) is 12.6. The van der Waals surface area contributed by atoms with Crippen LogP contribution in [0.5, 0.6) is 11.5 Å². The van der Waals surface area contributed by atoms with Crippen molar-refractivity contribution in [1.82, 2.24) is 5.32 Å². The van der Waals surface area contributed by atoms with Crippen molar-refractivity contribution in [2.45, 2.75) is 33.7 Å². The van der Waals surface area contributed by atoms with E-state index in [1.165, 1.54) is 0 Å². The third kappa shape index (κ3) is 3.02. The van der Waals surface area contributed by atoms with E-state index in [-0.39, 0.29) is 11.9 Å². The lowest BCUT2D eigenvalue weighted by molar-refractivity contribution is 0.0937. The standard InChI is InChI=1S/C18H20BrNO4/c1-9-11(3)24-12(4)17(9)18(21)20-10(2)13-7-15-16(8-14(13)19)23-6-5-22-15/h7-8,10H,5-6H2,1-4H3,(H,20,21). The minimum absolute atomic E-state index is 0.142. The fourth-order valence-corrected chi connectivity index (χ4v) is 3.55. The first-order chi connectivity index (χ1) is 11.4. The SMILES string of the molecule is Cc1oc(C)c(C(=O)NC(C)c2cc3c(cc2Br)OCCO3)c1C. The van der Waals surface area contributed by atoms with E-state index in [9.17, 15) is 4.79 Å². The van der Waals surface area contributed by atoms with Gasteiger partial charge in [-0.1, -0.05) is 15.9 Å². The predicted molar refractivity (Wildman–Crippen MR) is 93.9 cm³/mol. The molecular formula is C18H20BrNO4. The zero-order valence-corrected chi connectivity index (χ0v) is 15.7. The van der Waals surface area contributed by atoms with Crippen LogP contribution in [0.2, 0.25) is 0 Å². The van der Waals surface area contributed by atoms with Gasteiger partial charge in [0.05, 0.1) is 11.6 Å². The van der Waals surface area contributed by atoms with Crippen molar-refractivity contribution in [2.75, 3.05) is 13.2 Å². The van der Waals surface area contributed by atoms with E-state index in [1.54, 1.807) is 6.92 Å². The molecule has 0 bridgehead atoms. The molecule has 0 radical (unpaired) electrons. The summed E-state index contributed by atoms with van der Waals surface area (Å²) in [6.45, 7) is 8.57. The molecule has 0 fully saturated rings. The van der Waals surface area contributed by atoms with Crippen molar-refractivity contribution in [3.05, 3.63) is 44.8 Å². The molecule has 3 rings (SSSR count). The van der Waals surface area contributed by atoms with Crippen LogP contribution >= 0.6 is 15.9 Å². The number of carbonyl (C=O) groups excluding carboxylic acids is 1. The number of fused-ring (bicyclic) bond motifs is 1. The first kappa shape index (κ1) is 16.9. The summed E-state index contributed by atoms with van der Waals surface area (Å²) in [6, 6.07) is 3.59. The number of furan rings is 1. The molecule has 1 aromatic carbocycles. The van der Waals surface area contributed by atoms with Crippen LogP contribution < -0.4 is 14.8 Å². The molecule has 1 amide bonds. The normalized spacial score (nSPS) is 14.4. The Morgan fingerprint density at radius 2 is 1.75 bits per heavy atom. The molecule has 1 aliphatic heterocycles. The van der Waals surface area contributed by atoms with Gasteiger partial charge in [-0.25, -0.2) is 0 Å².